The minimum atomic E-state index is -4.62. The van der Waals surface area contributed by atoms with Gasteiger partial charge in [0.15, 0.2) is 17.5 Å². The van der Waals surface area contributed by atoms with E-state index < -0.39 is 17.6 Å². The lowest BCUT2D eigenvalue weighted by Crippen LogP contribution is -2.32. The fourth-order valence-electron chi connectivity index (χ4n) is 3.13. The highest BCUT2D eigenvalue weighted by Crippen LogP contribution is 2.31. The van der Waals surface area contributed by atoms with Gasteiger partial charge < -0.3 is 9.80 Å². The summed E-state index contributed by atoms with van der Waals surface area (Å²) < 4.78 is 54.1. The third kappa shape index (κ3) is 3.36. The van der Waals surface area contributed by atoms with Gasteiger partial charge in [-0.05, 0) is 12.5 Å². The Balaban J connectivity index is 1.55. The topological polar surface area (TPSA) is 62.5 Å². The molecule has 0 atom stereocenters. The molecule has 11 heteroatoms. The molecule has 4 heterocycles. The number of hydrogen-bond donors (Lipinski definition) is 0. The van der Waals surface area contributed by atoms with E-state index in [9.17, 15) is 17.6 Å². The predicted molar refractivity (Wildman–Crippen MR) is 89.0 cm³/mol. The van der Waals surface area contributed by atoms with Crippen LogP contribution in [0.3, 0.4) is 0 Å². The first kappa shape index (κ1) is 17.4. The second kappa shape index (κ2) is 6.63. The van der Waals surface area contributed by atoms with Crippen molar-refractivity contribution in [3.05, 3.63) is 42.4 Å². The van der Waals surface area contributed by atoms with E-state index in [4.69, 9.17) is 0 Å². The number of halogens is 4. The van der Waals surface area contributed by atoms with E-state index >= 15 is 0 Å². The van der Waals surface area contributed by atoms with Crippen LogP contribution in [-0.4, -0.2) is 50.7 Å². The zero-order chi connectivity index (χ0) is 19.0. The van der Waals surface area contributed by atoms with Crippen LogP contribution in [0.25, 0.3) is 5.65 Å². The Morgan fingerprint density at radius 2 is 1.70 bits per heavy atom. The lowest BCUT2D eigenvalue weighted by molar-refractivity contribution is -0.138. The fourth-order valence-corrected chi connectivity index (χ4v) is 3.13. The zero-order valence-corrected chi connectivity index (χ0v) is 14.1. The zero-order valence-electron chi connectivity index (χ0n) is 14.1. The molecule has 27 heavy (non-hydrogen) atoms. The van der Waals surface area contributed by atoms with Crippen molar-refractivity contribution >= 4 is 17.3 Å². The minimum Gasteiger partial charge on any atom is -0.352 e. The molecule has 3 aromatic heterocycles. The average molecular weight is 381 g/mol. The van der Waals surface area contributed by atoms with Gasteiger partial charge in [-0.3, -0.25) is 4.40 Å². The summed E-state index contributed by atoms with van der Waals surface area (Å²) in [4.78, 5) is 11.7. The number of nitrogens with zero attached hydrogens (tertiary/aromatic N) is 7. The Morgan fingerprint density at radius 3 is 2.41 bits per heavy atom. The van der Waals surface area contributed by atoms with Gasteiger partial charge in [0.25, 0.3) is 0 Å². The molecule has 1 fully saturated rings. The monoisotopic (exact) mass is 381 g/mol. The average Bonchev–Trinajstić information content (AvgIpc) is 2.98. The standard InChI is InChI=1S/C16H15F4N7/c17-12-8-11(16(18,19)20)9-22-13(12)25-3-1-4-26(7-6-25)14-15-24-23-10-27(15)5-2-21-14/h2,5,8-10H,1,3-4,6-7H2. The summed E-state index contributed by atoms with van der Waals surface area (Å²) in [6.45, 7) is 2.02. The second-order valence-electron chi connectivity index (χ2n) is 6.17. The highest BCUT2D eigenvalue weighted by Gasteiger charge is 2.32. The molecule has 7 nitrogen and oxygen atoms in total. The molecule has 1 aliphatic rings. The smallest absolute Gasteiger partial charge is 0.352 e. The summed E-state index contributed by atoms with van der Waals surface area (Å²) in [7, 11) is 0. The van der Waals surface area contributed by atoms with Crippen molar-refractivity contribution in [2.75, 3.05) is 36.0 Å². The molecular formula is C16H15F4N7. The summed E-state index contributed by atoms with van der Waals surface area (Å²) in [5, 5.41) is 7.93. The molecule has 4 rings (SSSR count). The quantitative estimate of drug-likeness (QED) is 0.636. The first-order valence-electron chi connectivity index (χ1n) is 8.30. The summed E-state index contributed by atoms with van der Waals surface area (Å²) in [5.74, 6) is -0.382. The molecule has 142 valence electrons. The maximum absolute atomic E-state index is 14.2. The van der Waals surface area contributed by atoms with E-state index in [-0.39, 0.29) is 5.82 Å². The number of pyridine rings is 1. The van der Waals surface area contributed by atoms with Crippen LogP contribution in [0.15, 0.2) is 31.0 Å². The van der Waals surface area contributed by atoms with E-state index in [1.165, 1.54) is 0 Å². The summed E-state index contributed by atoms with van der Waals surface area (Å²) in [6, 6.07) is 0.490. The summed E-state index contributed by atoms with van der Waals surface area (Å²) >= 11 is 0. The van der Waals surface area contributed by atoms with Gasteiger partial charge >= 0.3 is 6.18 Å². The van der Waals surface area contributed by atoms with Crippen LogP contribution in [0, 0.1) is 5.82 Å². The summed E-state index contributed by atoms with van der Waals surface area (Å²) in [5.41, 5.74) is -0.479. The van der Waals surface area contributed by atoms with Gasteiger partial charge in [0.1, 0.15) is 6.33 Å². The van der Waals surface area contributed by atoms with Gasteiger partial charge in [-0.1, -0.05) is 0 Å². The van der Waals surface area contributed by atoms with Gasteiger partial charge in [0, 0.05) is 44.8 Å². The lowest BCUT2D eigenvalue weighted by atomic mass is 10.2. The Hall–Kier alpha value is -2.98. The van der Waals surface area contributed by atoms with Crippen LogP contribution in [0.4, 0.5) is 29.2 Å². The van der Waals surface area contributed by atoms with Crippen LogP contribution < -0.4 is 9.80 Å². The molecule has 0 spiro atoms. The van der Waals surface area contributed by atoms with Crippen molar-refractivity contribution < 1.29 is 17.6 Å². The molecule has 0 bridgehead atoms. The third-order valence-corrected chi connectivity index (χ3v) is 4.44. The van der Waals surface area contributed by atoms with E-state index in [1.54, 1.807) is 28.0 Å². The third-order valence-electron chi connectivity index (χ3n) is 4.44. The summed E-state index contributed by atoms with van der Waals surface area (Å²) in [6.07, 6.45) is 1.67. The van der Waals surface area contributed by atoms with E-state index in [0.717, 1.165) is 0 Å². The molecule has 1 saturated heterocycles. The second-order valence-corrected chi connectivity index (χ2v) is 6.17. The Bertz CT molecular complexity index is 955. The minimum absolute atomic E-state index is 0.0708. The number of fused-ring (bicyclic) bond motifs is 1. The molecule has 0 N–H and O–H groups in total. The van der Waals surface area contributed by atoms with Gasteiger partial charge in [-0.25, -0.2) is 14.4 Å². The number of rotatable bonds is 2. The Labute approximate surface area is 151 Å². The van der Waals surface area contributed by atoms with Crippen LogP contribution in [0.1, 0.15) is 12.0 Å². The highest BCUT2D eigenvalue weighted by atomic mass is 19.4. The molecular weight excluding hydrogens is 366 g/mol. The number of alkyl halides is 3. The molecule has 0 aliphatic carbocycles. The van der Waals surface area contributed by atoms with Crippen molar-refractivity contribution in [3.8, 4) is 0 Å². The van der Waals surface area contributed by atoms with E-state index in [1.807, 2.05) is 4.90 Å². The highest BCUT2D eigenvalue weighted by molar-refractivity contribution is 5.63. The van der Waals surface area contributed by atoms with Crippen LogP contribution in [0.5, 0.6) is 0 Å². The largest absolute Gasteiger partial charge is 0.417 e. The normalized spacial score (nSPS) is 16.0. The van der Waals surface area contributed by atoms with Crippen LogP contribution in [0.2, 0.25) is 0 Å². The van der Waals surface area contributed by atoms with Crippen molar-refractivity contribution in [1.82, 2.24) is 24.6 Å². The Morgan fingerprint density at radius 1 is 0.963 bits per heavy atom. The van der Waals surface area contributed by atoms with Gasteiger partial charge in [0.05, 0.1) is 5.56 Å². The van der Waals surface area contributed by atoms with Crippen LogP contribution in [-0.2, 0) is 6.18 Å². The van der Waals surface area contributed by atoms with Crippen molar-refractivity contribution in [1.29, 1.82) is 0 Å². The predicted octanol–water partition coefficient (Wildman–Crippen LogP) is 2.39. The molecule has 0 saturated carbocycles. The fraction of sp³-hybridized carbons (Fsp3) is 0.375. The Kier molecular flexibility index (Phi) is 4.28. The molecule has 1 aliphatic heterocycles. The molecule has 3 aromatic rings. The molecule has 0 radical (unpaired) electrons. The first-order valence-corrected chi connectivity index (χ1v) is 8.30. The molecule has 0 unspecified atom stereocenters. The van der Waals surface area contributed by atoms with E-state index in [2.05, 4.69) is 20.2 Å². The van der Waals surface area contributed by atoms with Gasteiger partial charge in [0.2, 0.25) is 5.65 Å². The van der Waals surface area contributed by atoms with Crippen molar-refractivity contribution in [2.24, 2.45) is 0 Å². The van der Waals surface area contributed by atoms with Gasteiger partial charge in [-0.2, -0.15) is 13.2 Å². The number of anilines is 2. The maximum atomic E-state index is 14.2. The lowest BCUT2D eigenvalue weighted by Gasteiger charge is -2.24. The number of aromatic nitrogens is 5. The van der Waals surface area contributed by atoms with Crippen molar-refractivity contribution in [2.45, 2.75) is 12.6 Å². The molecule has 0 aromatic carbocycles. The van der Waals surface area contributed by atoms with Crippen molar-refractivity contribution in [3.63, 3.8) is 0 Å². The number of hydrogen-bond acceptors (Lipinski definition) is 6. The first-order chi connectivity index (χ1) is 12.9. The molecule has 0 amide bonds. The maximum Gasteiger partial charge on any atom is 0.417 e. The van der Waals surface area contributed by atoms with Crippen LogP contribution >= 0.6 is 0 Å². The SMILES string of the molecule is Fc1cc(C(F)(F)F)cnc1N1CCCN(c2nccn3cnnc23)CC1. The van der Waals surface area contributed by atoms with Gasteiger partial charge in [-0.15, -0.1) is 10.2 Å². The van der Waals surface area contributed by atoms with E-state index in [0.29, 0.717) is 56.3 Å².